The van der Waals surface area contributed by atoms with E-state index in [1.54, 1.807) is 10.6 Å². The number of carbonyl (C=O) groups excluding carboxylic acids is 1. The van der Waals surface area contributed by atoms with Crippen LogP contribution in [0.25, 0.3) is 5.65 Å². The predicted molar refractivity (Wildman–Crippen MR) is 110 cm³/mol. The van der Waals surface area contributed by atoms with E-state index in [2.05, 4.69) is 36.1 Å². The van der Waals surface area contributed by atoms with Gasteiger partial charge in [0.25, 0.3) is 5.91 Å². The van der Waals surface area contributed by atoms with Crippen LogP contribution in [-0.2, 0) is 0 Å². The molecule has 0 saturated heterocycles. The third-order valence-corrected chi connectivity index (χ3v) is 4.22. The fraction of sp³-hybridized carbons (Fsp3) is 0.150. The summed E-state index contributed by atoms with van der Waals surface area (Å²) in [6.07, 6.45) is 3.53. The van der Waals surface area contributed by atoms with Crippen LogP contribution >= 0.6 is 0 Å². The minimum atomic E-state index is -0.163. The van der Waals surface area contributed by atoms with Crippen molar-refractivity contribution in [1.82, 2.24) is 29.9 Å². The summed E-state index contributed by atoms with van der Waals surface area (Å²) in [6.45, 7) is 2.79. The Kier molecular flexibility index (Phi) is 5.28. The number of imidazole rings is 1. The summed E-state index contributed by atoms with van der Waals surface area (Å²) < 4.78 is 1.79. The normalized spacial score (nSPS) is 10.7. The molecule has 0 radical (unpaired) electrons. The summed E-state index contributed by atoms with van der Waals surface area (Å²) in [7, 11) is 0. The van der Waals surface area contributed by atoms with E-state index in [0.29, 0.717) is 41.9 Å². The van der Waals surface area contributed by atoms with E-state index >= 15 is 0 Å². The van der Waals surface area contributed by atoms with Gasteiger partial charge in [0, 0.05) is 25.5 Å². The molecule has 0 aliphatic rings. The molecule has 0 unspecified atom stereocenters. The van der Waals surface area contributed by atoms with Crippen molar-refractivity contribution in [3.8, 4) is 0 Å². The van der Waals surface area contributed by atoms with Gasteiger partial charge in [-0.25, -0.2) is 9.97 Å². The lowest BCUT2D eigenvalue weighted by atomic mass is 10.3. The molecule has 0 atom stereocenters. The van der Waals surface area contributed by atoms with E-state index in [0.717, 1.165) is 5.65 Å². The number of aryl methyl sites for hydroxylation is 1. The molecule has 29 heavy (non-hydrogen) atoms. The number of hydrogen-bond donors (Lipinski definition) is 3. The number of fused-ring (bicyclic) bond motifs is 1. The Balaban J connectivity index is 1.28. The summed E-state index contributed by atoms with van der Waals surface area (Å²) in [5.41, 5.74) is 2.00. The second-order valence-electron chi connectivity index (χ2n) is 6.30. The van der Waals surface area contributed by atoms with Gasteiger partial charge in [-0.05, 0) is 43.3 Å². The number of pyridine rings is 2. The Labute approximate surface area is 167 Å². The lowest BCUT2D eigenvalue weighted by Gasteiger charge is -2.08. The van der Waals surface area contributed by atoms with Crippen LogP contribution in [0.1, 0.15) is 16.2 Å². The van der Waals surface area contributed by atoms with E-state index in [9.17, 15) is 4.79 Å². The third kappa shape index (κ3) is 4.29. The van der Waals surface area contributed by atoms with E-state index in [-0.39, 0.29) is 5.91 Å². The first kappa shape index (κ1) is 18.4. The van der Waals surface area contributed by atoms with E-state index in [4.69, 9.17) is 0 Å². The van der Waals surface area contributed by atoms with Crippen molar-refractivity contribution < 1.29 is 4.79 Å². The van der Waals surface area contributed by atoms with Gasteiger partial charge in [-0.3, -0.25) is 9.20 Å². The molecule has 0 fully saturated rings. The average Bonchev–Trinajstić information content (AvgIpc) is 3.09. The van der Waals surface area contributed by atoms with Crippen molar-refractivity contribution in [3.05, 3.63) is 72.3 Å². The molecular formula is C20H20N8O. The SMILES string of the molecule is Cc1nc2ccccn2c1C(=O)NCCNc1ccc(Nc2ccccn2)nn1. The summed E-state index contributed by atoms with van der Waals surface area (Å²) in [5.74, 6) is 1.76. The van der Waals surface area contributed by atoms with Gasteiger partial charge < -0.3 is 16.0 Å². The van der Waals surface area contributed by atoms with Gasteiger partial charge in [-0.15, -0.1) is 10.2 Å². The van der Waals surface area contributed by atoms with E-state index in [1.807, 2.05) is 61.7 Å². The average molecular weight is 388 g/mol. The molecule has 0 spiro atoms. The van der Waals surface area contributed by atoms with Crippen molar-refractivity contribution in [2.45, 2.75) is 6.92 Å². The van der Waals surface area contributed by atoms with E-state index in [1.165, 1.54) is 0 Å². The molecule has 4 aromatic rings. The highest BCUT2D eigenvalue weighted by molar-refractivity contribution is 5.94. The molecule has 9 nitrogen and oxygen atoms in total. The number of carbonyl (C=O) groups is 1. The quantitative estimate of drug-likeness (QED) is 0.417. The van der Waals surface area contributed by atoms with Crippen LogP contribution in [0.3, 0.4) is 0 Å². The van der Waals surface area contributed by atoms with Crippen LogP contribution in [0.4, 0.5) is 17.5 Å². The zero-order valence-electron chi connectivity index (χ0n) is 15.8. The number of rotatable bonds is 7. The standard InChI is InChI=1S/C20H20N8O/c1-14-19(28-13-5-3-7-18(28)24-14)20(29)23-12-11-22-16-8-9-17(27-26-16)25-15-6-2-4-10-21-15/h2-10,13H,11-12H2,1H3,(H,22,26)(H,23,29)(H,21,25,27). The van der Waals surface area contributed by atoms with Gasteiger partial charge in [0.05, 0.1) is 5.69 Å². The lowest BCUT2D eigenvalue weighted by molar-refractivity contribution is 0.0948. The minimum absolute atomic E-state index is 0.163. The van der Waals surface area contributed by atoms with Gasteiger partial charge in [-0.1, -0.05) is 12.1 Å². The van der Waals surface area contributed by atoms with Gasteiger partial charge in [0.2, 0.25) is 0 Å². The number of nitrogens with zero attached hydrogens (tertiary/aromatic N) is 5. The fourth-order valence-electron chi connectivity index (χ4n) is 2.90. The lowest BCUT2D eigenvalue weighted by Crippen LogP contribution is -2.30. The van der Waals surface area contributed by atoms with Gasteiger partial charge in [-0.2, -0.15) is 0 Å². The highest BCUT2D eigenvalue weighted by Crippen LogP contribution is 2.12. The first-order chi connectivity index (χ1) is 14.2. The molecular weight excluding hydrogens is 368 g/mol. The Hall–Kier alpha value is -4.01. The maximum absolute atomic E-state index is 12.5. The molecule has 4 aromatic heterocycles. The number of hydrogen-bond acceptors (Lipinski definition) is 7. The summed E-state index contributed by atoms with van der Waals surface area (Å²) in [4.78, 5) is 21.1. The van der Waals surface area contributed by atoms with Crippen molar-refractivity contribution in [1.29, 1.82) is 0 Å². The first-order valence-corrected chi connectivity index (χ1v) is 9.18. The second-order valence-corrected chi connectivity index (χ2v) is 6.30. The van der Waals surface area contributed by atoms with Crippen molar-refractivity contribution in [2.24, 2.45) is 0 Å². The maximum atomic E-state index is 12.5. The van der Waals surface area contributed by atoms with Crippen molar-refractivity contribution in [3.63, 3.8) is 0 Å². The van der Waals surface area contributed by atoms with Gasteiger partial charge in [0.15, 0.2) is 5.82 Å². The molecule has 0 saturated carbocycles. The number of anilines is 3. The summed E-state index contributed by atoms with van der Waals surface area (Å²) in [5, 5.41) is 17.3. The van der Waals surface area contributed by atoms with Crippen molar-refractivity contribution in [2.75, 3.05) is 23.7 Å². The monoisotopic (exact) mass is 388 g/mol. The van der Waals surface area contributed by atoms with Gasteiger partial charge >= 0.3 is 0 Å². The smallest absolute Gasteiger partial charge is 0.270 e. The Bertz CT molecular complexity index is 1110. The summed E-state index contributed by atoms with van der Waals surface area (Å²) >= 11 is 0. The molecule has 3 N–H and O–H groups in total. The molecule has 1 amide bonds. The Morgan fingerprint density at radius 2 is 1.79 bits per heavy atom. The van der Waals surface area contributed by atoms with Crippen LogP contribution in [0.5, 0.6) is 0 Å². The first-order valence-electron chi connectivity index (χ1n) is 9.18. The van der Waals surface area contributed by atoms with Crippen LogP contribution < -0.4 is 16.0 Å². The predicted octanol–water partition coefficient (Wildman–Crippen LogP) is 2.41. The van der Waals surface area contributed by atoms with E-state index < -0.39 is 0 Å². The Morgan fingerprint density at radius 3 is 2.59 bits per heavy atom. The number of amides is 1. The molecule has 4 heterocycles. The molecule has 146 valence electrons. The summed E-state index contributed by atoms with van der Waals surface area (Å²) in [6, 6.07) is 14.8. The highest BCUT2D eigenvalue weighted by Gasteiger charge is 2.15. The van der Waals surface area contributed by atoms with Crippen LogP contribution in [0.15, 0.2) is 60.9 Å². The molecule has 0 aliphatic carbocycles. The second kappa shape index (κ2) is 8.34. The molecule has 0 aliphatic heterocycles. The molecule has 4 rings (SSSR count). The van der Waals surface area contributed by atoms with Crippen LogP contribution in [0, 0.1) is 6.92 Å². The number of nitrogens with one attached hydrogen (secondary N) is 3. The van der Waals surface area contributed by atoms with Crippen LogP contribution in [0.2, 0.25) is 0 Å². The van der Waals surface area contributed by atoms with Gasteiger partial charge in [0.1, 0.15) is 23.0 Å². The third-order valence-electron chi connectivity index (χ3n) is 4.22. The minimum Gasteiger partial charge on any atom is -0.367 e. The maximum Gasteiger partial charge on any atom is 0.270 e. The fourth-order valence-corrected chi connectivity index (χ4v) is 2.90. The van der Waals surface area contributed by atoms with Crippen molar-refractivity contribution >= 4 is 29.0 Å². The largest absolute Gasteiger partial charge is 0.367 e. The van der Waals surface area contributed by atoms with Crippen LogP contribution in [-0.4, -0.2) is 43.6 Å². The molecule has 9 heteroatoms. The molecule has 0 bridgehead atoms. The Morgan fingerprint density at radius 1 is 0.966 bits per heavy atom. The highest BCUT2D eigenvalue weighted by atomic mass is 16.1. The topological polar surface area (TPSA) is 109 Å². The molecule has 0 aromatic carbocycles. The zero-order chi connectivity index (χ0) is 20.1. The number of aromatic nitrogens is 5. The zero-order valence-corrected chi connectivity index (χ0v) is 15.8.